The molecule has 0 amide bonds. The summed E-state index contributed by atoms with van der Waals surface area (Å²) < 4.78 is 20.5. The molecule has 4 aliphatic rings. The number of fused-ring (bicyclic) bond motifs is 5. The predicted molar refractivity (Wildman–Crippen MR) is 107 cm³/mol. The van der Waals surface area contributed by atoms with Crippen LogP contribution in [-0.4, -0.2) is 44.5 Å². The van der Waals surface area contributed by atoms with Gasteiger partial charge in [-0.3, -0.25) is 4.79 Å². The zero-order valence-electron chi connectivity index (χ0n) is 18.1. The minimum Gasteiger partial charge on any atom is -0.438 e. The SMILES string of the molecule is COC(=O)O[C@H]1CC[C@@]2(C)C(=C[C@H](OC(=O)OC)[C@@H]3C2=CC[C@]2(C)C(=O)CCC32)C1. The first kappa shape index (κ1) is 20.9. The van der Waals surface area contributed by atoms with Gasteiger partial charge in [0.05, 0.1) is 14.2 Å². The number of hydrogen-bond donors (Lipinski definition) is 0. The largest absolute Gasteiger partial charge is 0.508 e. The van der Waals surface area contributed by atoms with E-state index in [0.717, 1.165) is 31.3 Å². The Labute approximate surface area is 176 Å². The fourth-order valence-corrected chi connectivity index (χ4v) is 6.23. The third-order valence-electron chi connectivity index (χ3n) is 7.98. The van der Waals surface area contributed by atoms with Gasteiger partial charge in [0, 0.05) is 29.6 Å². The molecule has 0 aliphatic heterocycles. The molecule has 0 heterocycles. The second kappa shape index (κ2) is 7.43. The summed E-state index contributed by atoms with van der Waals surface area (Å²) in [6, 6.07) is 0. The Hall–Kier alpha value is -2.31. The standard InChI is InChI=1S/C23H30O7/c1-22-9-7-14(29-20(25)27-3)11-13(22)12-17(30-21(26)28-4)19-15-5-6-18(24)23(15,2)10-8-16(19)22/h8,12,14-15,17,19H,5-7,9-11H2,1-4H3/t14-,15?,17-,19-,22-,23-/m0/s1. The predicted octanol–water partition coefficient (Wildman–Crippen LogP) is 4.35. The lowest BCUT2D eigenvalue weighted by atomic mass is 9.52. The number of methoxy groups -OCH3 is 2. The third kappa shape index (κ3) is 3.13. The Morgan fingerprint density at radius 3 is 2.47 bits per heavy atom. The van der Waals surface area contributed by atoms with Crippen LogP contribution in [0.5, 0.6) is 0 Å². The van der Waals surface area contributed by atoms with Crippen LogP contribution in [0.15, 0.2) is 23.3 Å². The molecule has 1 unspecified atom stereocenters. The van der Waals surface area contributed by atoms with Crippen molar-refractivity contribution in [3.8, 4) is 0 Å². The van der Waals surface area contributed by atoms with Gasteiger partial charge in [0.2, 0.25) is 0 Å². The van der Waals surface area contributed by atoms with E-state index in [0.29, 0.717) is 18.6 Å². The van der Waals surface area contributed by atoms with E-state index in [-0.39, 0.29) is 23.4 Å². The smallest absolute Gasteiger partial charge is 0.438 e. The van der Waals surface area contributed by atoms with Crippen molar-refractivity contribution in [2.24, 2.45) is 22.7 Å². The highest BCUT2D eigenvalue weighted by Gasteiger charge is 2.58. The van der Waals surface area contributed by atoms with Gasteiger partial charge in [-0.25, -0.2) is 9.59 Å². The molecule has 0 bridgehead atoms. The molecule has 2 saturated carbocycles. The summed E-state index contributed by atoms with van der Waals surface area (Å²) >= 11 is 0. The van der Waals surface area contributed by atoms with Crippen molar-refractivity contribution in [3.05, 3.63) is 23.3 Å². The number of hydrogen-bond acceptors (Lipinski definition) is 7. The van der Waals surface area contributed by atoms with Crippen LogP contribution in [0.1, 0.15) is 52.4 Å². The molecular weight excluding hydrogens is 388 g/mol. The number of ketones is 1. The average Bonchev–Trinajstić information content (AvgIpc) is 3.03. The molecular formula is C23H30O7. The van der Waals surface area contributed by atoms with Crippen LogP contribution in [0, 0.1) is 22.7 Å². The molecule has 0 aromatic carbocycles. The highest BCUT2D eigenvalue weighted by molar-refractivity contribution is 5.87. The quantitative estimate of drug-likeness (QED) is 0.486. The van der Waals surface area contributed by atoms with E-state index in [9.17, 15) is 14.4 Å². The summed E-state index contributed by atoms with van der Waals surface area (Å²) in [5, 5.41) is 0. The summed E-state index contributed by atoms with van der Waals surface area (Å²) in [5.74, 6) is 0.397. The summed E-state index contributed by atoms with van der Waals surface area (Å²) in [4.78, 5) is 36.3. The molecule has 7 heteroatoms. The average molecular weight is 418 g/mol. The van der Waals surface area contributed by atoms with Crippen molar-refractivity contribution in [2.75, 3.05) is 14.2 Å². The van der Waals surface area contributed by atoms with Crippen molar-refractivity contribution in [3.63, 3.8) is 0 Å². The number of allylic oxidation sites excluding steroid dienone is 1. The lowest BCUT2D eigenvalue weighted by Gasteiger charge is -2.53. The highest BCUT2D eigenvalue weighted by atomic mass is 16.7. The normalized spacial score (nSPS) is 39.5. The zero-order chi connectivity index (χ0) is 21.7. The Kier molecular flexibility index (Phi) is 5.19. The Morgan fingerprint density at radius 1 is 1.07 bits per heavy atom. The van der Waals surface area contributed by atoms with Crippen LogP contribution in [0.25, 0.3) is 0 Å². The maximum atomic E-state index is 12.7. The number of carbonyl (C=O) groups is 3. The molecule has 0 saturated heterocycles. The van der Waals surface area contributed by atoms with E-state index >= 15 is 0 Å². The molecule has 4 rings (SSSR count). The molecule has 0 aromatic heterocycles. The van der Waals surface area contributed by atoms with Gasteiger partial charge in [-0.2, -0.15) is 0 Å². The van der Waals surface area contributed by atoms with Gasteiger partial charge in [0.15, 0.2) is 0 Å². The van der Waals surface area contributed by atoms with Crippen molar-refractivity contribution < 1.29 is 33.3 Å². The summed E-state index contributed by atoms with van der Waals surface area (Å²) in [7, 11) is 2.59. The molecule has 0 aromatic rings. The van der Waals surface area contributed by atoms with Crippen LogP contribution in [-0.2, 0) is 23.7 Å². The van der Waals surface area contributed by atoms with Crippen LogP contribution >= 0.6 is 0 Å². The highest BCUT2D eigenvalue weighted by Crippen LogP contribution is 2.62. The van der Waals surface area contributed by atoms with Gasteiger partial charge in [-0.15, -0.1) is 0 Å². The van der Waals surface area contributed by atoms with E-state index in [2.05, 4.69) is 24.7 Å². The molecule has 7 nitrogen and oxygen atoms in total. The minimum absolute atomic E-state index is 0.0406. The number of Topliss-reactive ketones (excluding diaryl/α,β-unsaturated/α-hetero) is 1. The maximum absolute atomic E-state index is 12.7. The molecule has 2 fully saturated rings. The molecule has 6 atom stereocenters. The first-order valence-electron chi connectivity index (χ1n) is 10.7. The van der Waals surface area contributed by atoms with Gasteiger partial charge in [-0.05, 0) is 37.7 Å². The van der Waals surface area contributed by atoms with Gasteiger partial charge < -0.3 is 18.9 Å². The Bertz CT molecular complexity index is 827. The van der Waals surface area contributed by atoms with Crippen molar-refractivity contribution >= 4 is 18.1 Å². The van der Waals surface area contributed by atoms with E-state index in [1.54, 1.807) is 0 Å². The van der Waals surface area contributed by atoms with E-state index < -0.39 is 23.8 Å². The molecule has 30 heavy (non-hydrogen) atoms. The number of carbonyl (C=O) groups excluding carboxylic acids is 3. The monoisotopic (exact) mass is 418 g/mol. The third-order valence-corrected chi connectivity index (χ3v) is 7.98. The van der Waals surface area contributed by atoms with Crippen LogP contribution < -0.4 is 0 Å². The van der Waals surface area contributed by atoms with Gasteiger partial charge in [0.1, 0.15) is 18.0 Å². The molecule has 0 N–H and O–H groups in total. The van der Waals surface area contributed by atoms with Crippen molar-refractivity contribution in [2.45, 2.75) is 64.6 Å². The molecule has 0 spiro atoms. The first-order valence-corrected chi connectivity index (χ1v) is 10.7. The number of ether oxygens (including phenoxy) is 4. The molecule has 164 valence electrons. The molecule has 4 aliphatic carbocycles. The first-order chi connectivity index (χ1) is 14.2. The fourth-order valence-electron chi connectivity index (χ4n) is 6.23. The van der Waals surface area contributed by atoms with Crippen molar-refractivity contribution in [1.82, 2.24) is 0 Å². The fraction of sp³-hybridized carbons (Fsp3) is 0.696. The summed E-state index contributed by atoms with van der Waals surface area (Å²) in [6.07, 6.45) is 6.28. The summed E-state index contributed by atoms with van der Waals surface area (Å²) in [5.41, 5.74) is 1.76. The Morgan fingerprint density at radius 2 is 1.77 bits per heavy atom. The Balaban J connectivity index is 1.72. The van der Waals surface area contributed by atoms with Gasteiger partial charge in [-0.1, -0.05) is 31.1 Å². The maximum Gasteiger partial charge on any atom is 0.508 e. The van der Waals surface area contributed by atoms with Crippen LogP contribution in [0.4, 0.5) is 9.59 Å². The lowest BCUT2D eigenvalue weighted by molar-refractivity contribution is -0.127. The topological polar surface area (TPSA) is 88.1 Å². The summed E-state index contributed by atoms with van der Waals surface area (Å²) in [6.45, 7) is 4.28. The minimum atomic E-state index is -0.727. The van der Waals surface area contributed by atoms with Crippen LogP contribution in [0.2, 0.25) is 0 Å². The van der Waals surface area contributed by atoms with E-state index in [4.69, 9.17) is 14.2 Å². The zero-order valence-corrected chi connectivity index (χ0v) is 18.1. The second-order valence-electron chi connectivity index (χ2n) is 9.37. The van der Waals surface area contributed by atoms with E-state index in [1.165, 1.54) is 19.8 Å². The van der Waals surface area contributed by atoms with Gasteiger partial charge >= 0.3 is 12.3 Å². The molecule has 0 radical (unpaired) electrons. The van der Waals surface area contributed by atoms with E-state index in [1.807, 2.05) is 6.08 Å². The number of rotatable bonds is 2. The van der Waals surface area contributed by atoms with Crippen LogP contribution in [0.3, 0.4) is 0 Å². The second-order valence-corrected chi connectivity index (χ2v) is 9.37. The van der Waals surface area contributed by atoms with Gasteiger partial charge in [0.25, 0.3) is 0 Å². The van der Waals surface area contributed by atoms with Crippen molar-refractivity contribution in [1.29, 1.82) is 0 Å². The lowest BCUT2D eigenvalue weighted by Crippen LogP contribution is -2.50.